The van der Waals surface area contributed by atoms with Crippen molar-refractivity contribution in [2.45, 2.75) is 63.2 Å². The summed E-state index contributed by atoms with van der Waals surface area (Å²) in [7, 11) is 1.91. The van der Waals surface area contributed by atoms with Crippen molar-refractivity contribution in [3.63, 3.8) is 0 Å². The summed E-state index contributed by atoms with van der Waals surface area (Å²) in [4.78, 5) is 13.2. The first-order valence-electron chi connectivity index (χ1n) is 12.3. The lowest BCUT2D eigenvalue weighted by molar-refractivity contribution is -0.127. The van der Waals surface area contributed by atoms with E-state index in [0.29, 0.717) is 36.0 Å². The van der Waals surface area contributed by atoms with Crippen LogP contribution in [0.15, 0.2) is 12.4 Å². The summed E-state index contributed by atoms with van der Waals surface area (Å²) in [5, 5.41) is 22.0. The molecule has 32 heavy (non-hydrogen) atoms. The second-order valence-corrected chi connectivity index (χ2v) is 10.8. The van der Waals surface area contributed by atoms with Crippen LogP contribution < -0.4 is 26.9 Å². The number of alkyl halides is 1. The Morgan fingerprint density at radius 1 is 1.22 bits per heavy atom. The van der Waals surface area contributed by atoms with Gasteiger partial charge < -0.3 is 19.8 Å². The Morgan fingerprint density at radius 2 is 2.00 bits per heavy atom. The lowest BCUT2D eigenvalue weighted by Gasteiger charge is -2.42. The Balaban J connectivity index is 1.41. The molecule has 3 aliphatic rings. The first-order valence-corrected chi connectivity index (χ1v) is 12.7. The third-order valence-corrected chi connectivity index (χ3v) is 8.13. The highest BCUT2D eigenvalue weighted by Crippen LogP contribution is 2.41. The zero-order chi connectivity index (χ0) is 22.7. The van der Waals surface area contributed by atoms with E-state index in [-0.39, 0.29) is 23.4 Å². The number of hydrogen-bond acceptors (Lipinski definition) is 5. The number of hydrogen-bond donors (Lipinski definition) is 5. The average molecular weight is 466 g/mol. The SMILES string of the molecule is CC1NCCCC1C1CC(Cn2ccn(C)c2=N)CC(C(=O)NCC2NCC(Cl)CN2)C1. The highest BCUT2D eigenvalue weighted by Gasteiger charge is 2.39. The number of carbonyl (C=O) groups excluding carboxylic acids is 1. The maximum Gasteiger partial charge on any atom is 0.223 e. The van der Waals surface area contributed by atoms with E-state index in [2.05, 4.69) is 28.2 Å². The molecule has 8 nitrogen and oxygen atoms in total. The van der Waals surface area contributed by atoms with Crippen LogP contribution in [0.5, 0.6) is 0 Å². The standard InChI is InChI=1S/C23H40ClN7O/c1-15-20(4-3-5-26-15)17-8-16(14-31-7-6-30(2)23(31)25)9-18(10-17)22(32)29-13-21-27-11-19(24)12-28-21/h6-7,15-21,25-28H,3-5,8-14H2,1-2H3,(H,29,32). The molecule has 0 spiro atoms. The average Bonchev–Trinajstić information content (AvgIpc) is 3.10. The van der Waals surface area contributed by atoms with Crippen molar-refractivity contribution in [2.75, 3.05) is 26.2 Å². The van der Waals surface area contributed by atoms with Crippen LogP contribution in [0.1, 0.15) is 39.0 Å². The zero-order valence-corrected chi connectivity index (χ0v) is 20.2. The highest BCUT2D eigenvalue weighted by atomic mass is 35.5. The second-order valence-electron chi connectivity index (χ2n) is 10.2. The number of halogens is 1. The maximum atomic E-state index is 13.2. The fraction of sp³-hybridized carbons (Fsp3) is 0.826. The molecule has 4 rings (SSSR count). The van der Waals surface area contributed by atoms with E-state index >= 15 is 0 Å². The summed E-state index contributed by atoms with van der Waals surface area (Å²) in [6.07, 6.45) is 9.50. The van der Waals surface area contributed by atoms with Gasteiger partial charge in [0.1, 0.15) is 0 Å². The van der Waals surface area contributed by atoms with Crippen LogP contribution in [0.2, 0.25) is 0 Å². The lowest BCUT2D eigenvalue weighted by atomic mass is 9.67. The number of nitrogens with one attached hydrogen (secondary N) is 5. The normalized spacial score (nSPS) is 36.0. The van der Waals surface area contributed by atoms with Crippen molar-refractivity contribution in [3.05, 3.63) is 18.0 Å². The molecule has 5 unspecified atom stereocenters. The van der Waals surface area contributed by atoms with Gasteiger partial charge >= 0.3 is 0 Å². The Bertz CT molecular complexity index is 816. The minimum atomic E-state index is 0.0377. The number of imidazole rings is 1. The number of aryl methyl sites for hydroxylation is 1. The molecule has 2 aliphatic heterocycles. The Morgan fingerprint density at radius 3 is 2.69 bits per heavy atom. The second kappa shape index (κ2) is 10.7. The smallest absolute Gasteiger partial charge is 0.223 e. The lowest BCUT2D eigenvalue weighted by Crippen LogP contribution is -2.58. The van der Waals surface area contributed by atoms with Crippen molar-refractivity contribution in [3.8, 4) is 0 Å². The molecule has 3 heterocycles. The van der Waals surface area contributed by atoms with Gasteiger partial charge in [-0.3, -0.25) is 20.8 Å². The van der Waals surface area contributed by atoms with Crippen LogP contribution in [-0.4, -0.2) is 58.8 Å². The third-order valence-electron chi connectivity index (χ3n) is 7.82. The molecule has 2 saturated heterocycles. The van der Waals surface area contributed by atoms with Crippen LogP contribution >= 0.6 is 11.6 Å². The predicted molar refractivity (Wildman–Crippen MR) is 126 cm³/mol. The molecular formula is C23H40ClN7O. The van der Waals surface area contributed by atoms with Crippen LogP contribution in [0.4, 0.5) is 0 Å². The molecule has 5 N–H and O–H groups in total. The Kier molecular flexibility index (Phi) is 7.97. The van der Waals surface area contributed by atoms with E-state index in [1.807, 2.05) is 28.6 Å². The number of nitrogens with zero attached hydrogens (tertiary/aromatic N) is 2. The first kappa shape index (κ1) is 23.8. The number of carbonyl (C=O) groups is 1. The zero-order valence-electron chi connectivity index (χ0n) is 19.4. The van der Waals surface area contributed by atoms with Gasteiger partial charge in [-0.25, -0.2) is 0 Å². The highest BCUT2D eigenvalue weighted by molar-refractivity contribution is 6.21. The van der Waals surface area contributed by atoms with Gasteiger partial charge in [0, 0.05) is 57.6 Å². The summed E-state index contributed by atoms with van der Waals surface area (Å²) < 4.78 is 3.87. The number of piperidine rings is 1. The minimum absolute atomic E-state index is 0.0377. The predicted octanol–water partition coefficient (Wildman–Crippen LogP) is 0.969. The fourth-order valence-electron chi connectivity index (χ4n) is 6.04. The van der Waals surface area contributed by atoms with Crippen molar-refractivity contribution < 1.29 is 4.79 Å². The van der Waals surface area contributed by atoms with Gasteiger partial charge in [-0.2, -0.15) is 0 Å². The Labute approximate surface area is 196 Å². The molecule has 3 fully saturated rings. The molecule has 5 atom stereocenters. The summed E-state index contributed by atoms with van der Waals surface area (Å²) in [6.45, 7) is 6.33. The van der Waals surface area contributed by atoms with Crippen molar-refractivity contribution in [1.29, 1.82) is 5.41 Å². The molecule has 1 saturated carbocycles. The quantitative estimate of drug-likeness (QED) is 0.404. The summed E-state index contributed by atoms with van der Waals surface area (Å²) in [5.41, 5.74) is 0.521. The van der Waals surface area contributed by atoms with E-state index in [9.17, 15) is 4.79 Å². The van der Waals surface area contributed by atoms with E-state index in [1.165, 1.54) is 12.8 Å². The van der Waals surface area contributed by atoms with Crippen molar-refractivity contribution in [2.24, 2.45) is 30.7 Å². The summed E-state index contributed by atoms with van der Waals surface area (Å²) in [5.74, 6) is 1.81. The van der Waals surface area contributed by atoms with Crippen LogP contribution in [0.3, 0.4) is 0 Å². The van der Waals surface area contributed by atoms with E-state index in [1.54, 1.807) is 0 Å². The van der Waals surface area contributed by atoms with Gasteiger partial charge in [-0.15, -0.1) is 11.6 Å². The van der Waals surface area contributed by atoms with Crippen molar-refractivity contribution in [1.82, 2.24) is 30.4 Å². The molecule has 9 heteroatoms. The molecule has 1 aromatic heterocycles. The largest absolute Gasteiger partial charge is 0.353 e. The molecule has 1 aliphatic carbocycles. The molecule has 180 valence electrons. The molecule has 1 aromatic rings. The summed E-state index contributed by atoms with van der Waals surface area (Å²) in [6, 6.07) is 0.506. The molecule has 1 amide bonds. The van der Waals surface area contributed by atoms with Crippen LogP contribution in [0, 0.1) is 29.1 Å². The molecule has 0 bridgehead atoms. The third kappa shape index (κ3) is 5.76. The van der Waals surface area contributed by atoms with Gasteiger partial charge in [0.05, 0.1) is 11.5 Å². The van der Waals surface area contributed by atoms with Gasteiger partial charge in [-0.1, -0.05) is 0 Å². The minimum Gasteiger partial charge on any atom is -0.353 e. The topological polar surface area (TPSA) is 98.9 Å². The Hall–Kier alpha value is -1.35. The van der Waals surface area contributed by atoms with Gasteiger partial charge in [0.15, 0.2) is 0 Å². The monoisotopic (exact) mass is 465 g/mol. The van der Waals surface area contributed by atoms with Crippen molar-refractivity contribution >= 4 is 17.5 Å². The fourth-order valence-corrected chi connectivity index (χ4v) is 6.21. The van der Waals surface area contributed by atoms with Crippen LogP contribution in [0.25, 0.3) is 0 Å². The van der Waals surface area contributed by atoms with E-state index in [4.69, 9.17) is 17.0 Å². The number of aromatic nitrogens is 2. The first-order chi connectivity index (χ1) is 15.4. The van der Waals surface area contributed by atoms with E-state index < -0.39 is 0 Å². The number of amides is 1. The maximum absolute atomic E-state index is 13.2. The summed E-state index contributed by atoms with van der Waals surface area (Å²) >= 11 is 6.13. The molecule has 0 aromatic carbocycles. The number of rotatable bonds is 6. The van der Waals surface area contributed by atoms with Gasteiger partial charge in [-0.05, 0) is 63.3 Å². The molecular weight excluding hydrogens is 426 g/mol. The molecule has 0 radical (unpaired) electrons. The van der Waals surface area contributed by atoms with E-state index in [0.717, 1.165) is 45.4 Å². The van der Waals surface area contributed by atoms with Gasteiger partial charge in [0.25, 0.3) is 0 Å². The van der Waals surface area contributed by atoms with Gasteiger partial charge in [0.2, 0.25) is 11.5 Å². The van der Waals surface area contributed by atoms with Crippen LogP contribution in [-0.2, 0) is 18.4 Å².